The highest BCUT2D eigenvalue weighted by atomic mass is 32.2. The second-order valence-electron chi connectivity index (χ2n) is 8.10. The third-order valence-electron chi connectivity index (χ3n) is 5.81. The molecule has 0 amide bonds. The van der Waals surface area contributed by atoms with Gasteiger partial charge in [-0.15, -0.1) is 0 Å². The van der Waals surface area contributed by atoms with Crippen LogP contribution in [-0.2, 0) is 10.0 Å². The molecule has 7 heteroatoms. The van der Waals surface area contributed by atoms with E-state index in [4.69, 9.17) is 0 Å². The number of pyridine rings is 1. The van der Waals surface area contributed by atoms with Gasteiger partial charge in [-0.2, -0.15) is 0 Å². The average Bonchev–Trinajstić information content (AvgIpc) is 2.89. The van der Waals surface area contributed by atoms with Crippen molar-refractivity contribution in [2.45, 2.75) is 23.6 Å². The topological polar surface area (TPSA) is 79.3 Å². The molecule has 1 heterocycles. The van der Waals surface area contributed by atoms with Gasteiger partial charge in [0, 0.05) is 27.3 Å². The highest BCUT2D eigenvalue weighted by molar-refractivity contribution is 7.99. The number of sulfonamides is 1. The van der Waals surface area contributed by atoms with Crippen LogP contribution >= 0.6 is 11.8 Å². The first-order chi connectivity index (χ1) is 17.2. The molecule has 0 bridgehead atoms. The SMILES string of the molecule is C=CC(=C/C(=C)S(=O)(=O)Nc1cc(Sc2cccc3cccnc23)c(O)c2ccccc12)/C(C)=C\C. The molecule has 5 nitrogen and oxygen atoms in total. The van der Waals surface area contributed by atoms with Gasteiger partial charge in [0.25, 0.3) is 10.0 Å². The Hall–Kier alpha value is -3.81. The van der Waals surface area contributed by atoms with Gasteiger partial charge >= 0.3 is 0 Å². The third-order valence-corrected chi connectivity index (χ3v) is 8.19. The summed E-state index contributed by atoms with van der Waals surface area (Å²) < 4.78 is 29.2. The minimum Gasteiger partial charge on any atom is -0.506 e. The number of hydrogen-bond donors (Lipinski definition) is 2. The van der Waals surface area contributed by atoms with Gasteiger partial charge < -0.3 is 5.11 Å². The van der Waals surface area contributed by atoms with E-state index in [0.29, 0.717) is 26.9 Å². The van der Waals surface area contributed by atoms with Gasteiger partial charge in [0.1, 0.15) is 5.75 Å². The number of rotatable bonds is 8. The third kappa shape index (κ3) is 5.08. The molecule has 36 heavy (non-hydrogen) atoms. The highest BCUT2D eigenvalue weighted by Gasteiger charge is 2.20. The number of benzene rings is 3. The van der Waals surface area contributed by atoms with E-state index < -0.39 is 10.0 Å². The van der Waals surface area contributed by atoms with Crippen LogP contribution in [0.15, 0.2) is 124 Å². The fraction of sp³-hybridized carbons (Fsp3) is 0.0690. The summed E-state index contributed by atoms with van der Waals surface area (Å²) in [5.74, 6) is 0.0721. The number of aromatic nitrogens is 1. The van der Waals surface area contributed by atoms with Crippen molar-refractivity contribution < 1.29 is 13.5 Å². The van der Waals surface area contributed by atoms with Crippen LogP contribution in [0.1, 0.15) is 13.8 Å². The van der Waals surface area contributed by atoms with Gasteiger partial charge in [-0.05, 0) is 49.3 Å². The molecule has 1 aromatic heterocycles. The van der Waals surface area contributed by atoms with E-state index in [9.17, 15) is 13.5 Å². The monoisotopic (exact) mass is 514 g/mol. The molecule has 0 aliphatic rings. The maximum absolute atomic E-state index is 13.2. The number of nitrogens with one attached hydrogen (secondary N) is 1. The van der Waals surface area contributed by atoms with Crippen molar-refractivity contribution in [2.24, 2.45) is 0 Å². The van der Waals surface area contributed by atoms with Crippen molar-refractivity contribution in [2.75, 3.05) is 4.72 Å². The summed E-state index contributed by atoms with van der Waals surface area (Å²) >= 11 is 1.33. The molecule has 4 aromatic rings. The van der Waals surface area contributed by atoms with Crippen molar-refractivity contribution >= 4 is 49.1 Å². The summed E-state index contributed by atoms with van der Waals surface area (Å²) in [6.07, 6.45) is 6.68. The normalized spacial score (nSPS) is 12.6. The lowest BCUT2D eigenvalue weighted by Gasteiger charge is -2.16. The maximum atomic E-state index is 13.2. The van der Waals surface area contributed by atoms with Crippen LogP contribution in [0, 0.1) is 0 Å². The standard InChI is InChI=1S/C29H26N2O3S2/c1-5-19(3)21(6-2)17-20(4)36(33,34)31-25-18-27(29(32)24-14-8-7-13-23(24)25)35-26-15-9-11-22-12-10-16-30-28(22)26/h5-18,31-32H,2,4H2,1,3H3/b19-5-,21-17-. The smallest absolute Gasteiger partial charge is 0.261 e. The summed E-state index contributed by atoms with van der Waals surface area (Å²) in [4.78, 5) is 5.74. The Morgan fingerprint density at radius 3 is 2.50 bits per heavy atom. The fourth-order valence-electron chi connectivity index (χ4n) is 3.74. The second kappa shape index (κ2) is 10.4. The van der Waals surface area contributed by atoms with Crippen molar-refractivity contribution in [1.82, 2.24) is 4.98 Å². The molecule has 182 valence electrons. The summed E-state index contributed by atoms with van der Waals surface area (Å²) in [7, 11) is -3.99. The molecule has 0 atom stereocenters. The lowest BCUT2D eigenvalue weighted by Crippen LogP contribution is -2.14. The minimum atomic E-state index is -3.99. The summed E-state index contributed by atoms with van der Waals surface area (Å²) in [5.41, 5.74) is 2.70. The van der Waals surface area contributed by atoms with Crippen LogP contribution in [0.25, 0.3) is 21.7 Å². The van der Waals surface area contributed by atoms with E-state index in [0.717, 1.165) is 21.4 Å². The lowest BCUT2D eigenvalue weighted by molar-refractivity contribution is 0.469. The van der Waals surface area contributed by atoms with Crippen molar-refractivity contribution in [3.8, 4) is 5.75 Å². The zero-order valence-electron chi connectivity index (χ0n) is 20.0. The molecular weight excluding hydrogens is 488 g/mol. The quantitative estimate of drug-likeness (QED) is 0.187. The number of fused-ring (bicyclic) bond motifs is 2. The Balaban J connectivity index is 1.79. The van der Waals surface area contributed by atoms with Gasteiger partial charge in [0.2, 0.25) is 0 Å². The van der Waals surface area contributed by atoms with E-state index in [2.05, 4.69) is 22.9 Å². The molecule has 0 aliphatic carbocycles. The number of nitrogens with zero attached hydrogens (tertiary/aromatic N) is 1. The zero-order chi connectivity index (χ0) is 25.9. The predicted octanol–water partition coefficient (Wildman–Crippen LogP) is 7.58. The number of para-hydroxylation sites is 1. The average molecular weight is 515 g/mol. The Bertz CT molecular complexity index is 1660. The molecule has 2 N–H and O–H groups in total. The molecule has 0 saturated carbocycles. The first kappa shape index (κ1) is 25.3. The van der Waals surface area contributed by atoms with E-state index in [1.807, 2.05) is 50.3 Å². The highest BCUT2D eigenvalue weighted by Crippen LogP contribution is 2.44. The molecule has 0 radical (unpaired) electrons. The number of phenolic OH excluding ortho intramolecular Hbond substituents is 1. The molecule has 0 spiro atoms. The van der Waals surface area contributed by atoms with E-state index in [1.54, 1.807) is 42.6 Å². The van der Waals surface area contributed by atoms with E-state index in [1.165, 1.54) is 17.8 Å². The fourth-order valence-corrected chi connectivity index (χ4v) is 5.64. The van der Waals surface area contributed by atoms with Gasteiger partial charge in [0.15, 0.2) is 0 Å². The summed E-state index contributed by atoms with van der Waals surface area (Å²) in [6.45, 7) is 11.3. The number of aromatic hydroxyl groups is 1. The Labute approximate surface area is 215 Å². The van der Waals surface area contributed by atoms with E-state index in [-0.39, 0.29) is 10.7 Å². The van der Waals surface area contributed by atoms with Crippen molar-refractivity contribution in [1.29, 1.82) is 0 Å². The second-order valence-corrected chi connectivity index (χ2v) is 10.9. The number of anilines is 1. The van der Waals surface area contributed by atoms with Gasteiger partial charge in [0.05, 0.1) is 21.0 Å². The Morgan fingerprint density at radius 1 is 1.06 bits per heavy atom. The molecule has 0 unspecified atom stereocenters. The maximum Gasteiger partial charge on any atom is 0.261 e. The van der Waals surface area contributed by atoms with Gasteiger partial charge in [-0.25, -0.2) is 8.42 Å². The first-order valence-electron chi connectivity index (χ1n) is 11.2. The van der Waals surface area contributed by atoms with E-state index >= 15 is 0 Å². The minimum absolute atomic E-state index is 0.0721. The van der Waals surface area contributed by atoms with Crippen LogP contribution in [0.4, 0.5) is 5.69 Å². The molecular formula is C29H26N2O3S2. The summed E-state index contributed by atoms with van der Waals surface area (Å²) in [6, 6.07) is 18.4. The van der Waals surface area contributed by atoms with Gasteiger partial charge in [-0.1, -0.05) is 79.5 Å². The van der Waals surface area contributed by atoms with Crippen LogP contribution in [0.2, 0.25) is 0 Å². The van der Waals surface area contributed by atoms with Crippen molar-refractivity contribution in [3.05, 3.63) is 114 Å². The zero-order valence-corrected chi connectivity index (χ0v) is 21.7. The summed E-state index contributed by atoms with van der Waals surface area (Å²) in [5, 5.41) is 13.2. The predicted molar refractivity (Wildman–Crippen MR) is 151 cm³/mol. The molecule has 0 saturated heterocycles. The Kier molecular flexibility index (Phi) is 7.33. The number of allylic oxidation sites excluding steroid dienone is 5. The molecule has 0 fully saturated rings. The van der Waals surface area contributed by atoms with Crippen LogP contribution in [0.5, 0.6) is 5.75 Å². The van der Waals surface area contributed by atoms with Crippen LogP contribution < -0.4 is 4.72 Å². The molecule has 3 aromatic carbocycles. The van der Waals surface area contributed by atoms with Crippen LogP contribution in [0.3, 0.4) is 0 Å². The number of hydrogen-bond acceptors (Lipinski definition) is 5. The lowest BCUT2D eigenvalue weighted by atomic mass is 10.1. The largest absolute Gasteiger partial charge is 0.506 e. The van der Waals surface area contributed by atoms with Crippen molar-refractivity contribution in [3.63, 3.8) is 0 Å². The van der Waals surface area contributed by atoms with Gasteiger partial charge in [-0.3, -0.25) is 9.71 Å². The molecule has 4 rings (SSSR count). The molecule has 0 aliphatic heterocycles. The Morgan fingerprint density at radius 2 is 1.78 bits per heavy atom. The number of phenols is 1. The first-order valence-corrected chi connectivity index (χ1v) is 13.5. The van der Waals surface area contributed by atoms with Crippen LogP contribution in [-0.4, -0.2) is 18.5 Å².